The Morgan fingerprint density at radius 3 is 1.29 bits per heavy atom. The quantitative estimate of drug-likeness (QED) is 0.00763. The summed E-state index contributed by atoms with van der Waals surface area (Å²) in [7, 11) is 12.6. The van der Waals surface area contributed by atoms with Crippen LogP contribution in [-0.4, -0.2) is 128 Å². The Bertz CT molecular complexity index is 3720. The number of benzene rings is 4. The van der Waals surface area contributed by atoms with E-state index in [0.29, 0.717) is 16.8 Å². The second-order valence-electron chi connectivity index (χ2n) is 22.2. The summed E-state index contributed by atoms with van der Waals surface area (Å²) in [4.78, 5) is 34.1. The van der Waals surface area contributed by atoms with E-state index in [2.05, 4.69) is 138 Å². The number of nitrogens with one attached hydrogen (secondary N) is 1. The second-order valence-corrected chi connectivity index (χ2v) is 25.3. The van der Waals surface area contributed by atoms with Crippen molar-refractivity contribution in [3.63, 3.8) is 0 Å². The molecule has 0 unspecified atom stereocenters. The molecule has 17 nitrogen and oxygen atoms in total. The number of fused-ring (bicyclic) bond motifs is 4. The summed E-state index contributed by atoms with van der Waals surface area (Å²) in [6, 6.07) is 38.5. The molecule has 6 heterocycles. The fourth-order valence-electron chi connectivity index (χ4n) is 9.43. The van der Waals surface area contributed by atoms with Crippen LogP contribution in [-0.2, 0) is 26.2 Å². The van der Waals surface area contributed by atoms with E-state index in [9.17, 15) is 20.2 Å². The van der Waals surface area contributed by atoms with Crippen molar-refractivity contribution in [3.8, 4) is 0 Å². The van der Waals surface area contributed by atoms with Gasteiger partial charge < -0.3 is 44.4 Å². The molecule has 6 aromatic heterocycles. The topological polar surface area (TPSA) is 204 Å². The summed E-state index contributed by atoms with van der Waals surface area (Å²) >= 11 is 10.3. The largest absolute Gasteiger partial charge is 0.399 e. The van der Waals surface area contributed by atoms with Crippen LogP contribution in [0.1, 0.15) is 81.4 Å². The summed E-state index contributed by atoms with van der Waals surface area (Å²) in [5, 5.41) is 38.1. The number of rotatable bonds is 24. The highest BCUT2D eigenvalue weighted by Gasteiger charge is 2.12. The van der Waals surface area contributed by atoms with Crippen LogP contribution in [0.4, 0.5) is 22.7 Å². The lowest BCUT2D eigenvalue weighted by Crippen LogP contribution is -2.13. The number of halogens is 2. The van der Waals surface area contributed by atoms with Gasteiger partial charge in [0.1, 0.15) is 10.9 Å². The lowest BCUT2D eigenvalue weighted by atomic mass is 10.2. The third kappa shape index (κ3) is 25.6. The number of unbranched alkanes of at least 4 members (excludes halogenated alkanes) is 4. The third-order valence-electron chi connectivity index (χ3n) is 14.0. The van der Waals surface area contributed by atoms with Gasteiger partial charge in [-0.1, -0.05) is 44.5 Å². The van der Waals surface area contributed by atoms with E-state index in [4.69, 9.17) is 28.5 Å². The molecular formula is C68H93ClIN13O4S3. The Morgan fingerprint density at radius 1 is 0.556 bits per heavy atom. The average molecular weight is 1420 g/mol. The van der Waals surface area contributed by atoms with E-state index in [1.807, 2.05) is 88.6 Å². The number of amidine groups is 1. The van der Waals surface area contributed by atoms with Crippen molar-refractivity contribution in [1.82, 2.24) is 33.0 Å². The summed E-state index contributed by atoms with van der Waals surface area (Å²) in [6.45, 7) is 11.5. The number of hydrogen-bond donors (Lipinski definition) is 3. The number of nitro benzene ring substituents is 2. The van der Waals surface area contributed by atoms with E-state index in [1.54, 1.807) is 46.9 Å². The summed E-state index contributed by atoms with van der Waals surface area (Å²) < 4.78 is 8.74. The monoisotopic (exact) mass is 1410 g/mol. The van der Waals surface area contributed by atoms with Crippen LogP contribution in [0, 0.1) is 25.6 Å². The zero-order valence-corrected chi connectivity index (χ0v) is 59.3. The third-order valence-corrected chi connectivity index (χ3v) is 16.8. The van der Waals surface area contributed by atoms with Gasteiger partial charge in [-0.3, -0.25) is 25.6 Å². The van der Waals surface area contributed by atoms with Gasteiger partial charge in [-0.15, -0.1) is 70.0 Å². The van der Waals surface area contributed by atoms with Gasteiger partial charge in [0.25, 0.3) is 11.4 Å². The van der Waals surface area contributed by atoms with E-state index in [-0.39, 0.29) is 45.2 Å². The molecule has 486 valence electrons. The SMILES string of the molecule is CCC.CN(C)CCCCn1ccc2ccc(N)cc21.CN(C)CCCCn1ccc2ccc(N=C(N)c3cccs3)cc21.CN(C)CCCCn1ccc2ccc([N+](=O)[O-])cc21.CSC(=N)c1cccs1.I.O=[N+]([O-])c1ccc2ccn(CCCCCl)c2c1. The van der Waals surface area contributed by atoms with Crippen molar-refractivity contribution < 1.29 is 9.85 Å². The van der Waals surface area contributed by atoms with Gasteiger partial charge in [-0.05, 0) is 214 Å². The first-order valence-electron chi connectivity index (χ1n) is 30.3. The van der Waals surface area contributed by atoms with Gasteiger partial charge in [0.15, 0.2) is 0 Å². The maximum absolute atomic E-state index is 10.8. The maximum Gasteiger partial charge on any atom is 0.271 e. The van der Waals surface area contributed by atoms with Crippen LogP contribution >= 0.6 is 70.0 Å². The lowest BCUT2D eigenvalue weighted by Gasteiger charge is -2.10. The molecule has 0 aliphatic rings. The number of anilines is 1. The molecule has 0 saturated carbocycles. The highest BCUT2D eigenvalue weighted by atomic mass is 127. The molecule has 0 fully saturated rings. The smallest absolute Gasteiger partial charge is 0.271 e. The Morgan fingerprint density at radius 2 is 0.922 bits per heavy atom. The van der Waals surface area contributed by atoms with Gasteiger partial charge >= 0.3 is 0 Å². The standard InChI is InChI=1S/C19H24N4S.C14H19N3O2.C14H21N3.C12H13ClN2O2.C6H7NS2.C3H8.HI/c1-22(2)10-3-4-11-23-12-9-15-7-8-16(14-17(15)23)21-19(20)18-6-5-13-24-18;1-15(2)8-3-4-9-16-10-7-12-5-6-13(17(18)19)11-14(12)16;1-16(2)8-3-4-9-17-10-7-12-5-6-13(15)11-14(12)17;13-6-1-2-7-14-8-5-10-3-4-11(15(16)17)9-12(10)14;1-8-6(7)5-3-2-4-9-5;1-3-2;/h5-9,12-14H,3-4,10-11H2,1-2H3,(H2,20,21);5-7,10-11H,3-4,8-9H2,1-2H3;5-7,10-11H,3-4,8-9,15H2,1-2H3;3-5,8-9H,1-2,6-7H2;2-4,7H,1H3;3H2,1-2H3;1H. The number of non-ortho nitro benzene ring substituents is 2. The number of aliphatic imine (C=N–C) groups is 1. The molecule has 0 aliphatic carbocycles. The number of hydrogen-bond acceptors (Lipinski definition) is 13. The number of thioether (sulfide) groups is 1. The van der Waals surface area contributed by atoms with E-state index in [0.717, 1.165) is 114 Å². The van der Waals surface area contributed by atoms with E-state index >= 15 is 0 Å². The fourth-order valence-corrected chi connectivity index (χ4v) is 11.5. The minimum Gasteiger partial charge on any atom is -0.399 e. The summed E-state index contributed by atoms with van der Waals surface area (Å²) in [6.07, 6.45) is 20.4. The zero-order chi connectivity index (χ0) is 64.7. The van der Waals surface area contributed by atoms with Gasteiger partial charge in [0.05, 0.1) is 47.4 Å². The van der Waals surface area contributed by atoms with Crippen molar-refractivity contribution in [2.45, 2.75) is 97.8 Å². The first-order valence-corrected chi connectivity index (χ1v) is 33.8. The molecule has 10 rings (SSSR count). The molecule has 10 aromatic rings. The molecule has 0 radical (unpaired) electrons. The summed E-state index contributed by atoms with van der Waals surface area (Å²) in [5.74, 6) is 1.23. The molecule has 0 spiro atoms. The van der Waals surface area contributed by atoms with E-state index < -0.39 is 0 Å². The second kappa shape index (κ2) is 41.0. The molecule has 4 aromatic carbocycles. The Hall–Kier alpha value is -6.57. The Balaban J connectivity index is 0.000000242. The van der Waals surface area contributed by atoms with Crippen LogP contribution < -0.4 is 11.5 Å². The highest BCUT2D eigenvalue weighted by molar-refractivity contribution is 14.0. The van der Waals surface area contributed by atoms with E-state index in [1.165, 1.54) is 71.7 Å². The van der Waals surface area contributed by atoms with Crippen molar-refractivity contribution in [2.75, 3.05) is 79.8 Å². The zero-order valence-electron chi connectivity index (χ0n) is 53.8. The predicted molar refractivity (Wildman–Crippen MR) is 400 cm³/mol. The van der Waals surface area contributed by atoms with Crippen molar-refractivity contribution in [2.24, 2.45) is 10.7 Å². The summed E-state index contributed by atoms with van der Waals surface area (Å²) in [5.41, 5.74) is 18.3. The Labute approximate surface area is 566 Å². The minimum absolute atomic E-state index is 0. The van der Waals surface area contributed by atoms with Crippen LogP contribution in [0.3, 0.4) is 0 Å². The van der Waals surface area contributed by atoms with Gasteiger partial charge in [0, 0.05) is 97.6 Å². The molecule has 0 bridgehead atoms. The number of alkyl halides is 1. The minimum atomic E-state index is -0.366. The number of nitro groups is 2. The highest BCUT2D eigenvalue weighted by Crippen LogP contribution is 2.27. The number of nitrogens with zero attached hydrogens (tertiary/aromatic N) is 10. The first-order chi connectivity index (χ1) is 42.8. The maximum atomic E-state index is 10.8. The van der Waals surface area contributed by atoms with Crippen molar-refractivity contribution >= 4 is 147 Å². The van der Waals surface area contributed by atoms with Crippen LogP contribution in [0.25, 0.3) is 43.6 Å². The molecule has 0 atom stereocenters. The predicted octanol–water partition coefficient (Wildman–Crippen LogP) is 17.6. The fraction of sp³-hybridized carbons (Fsp3) is 0.382. The molecular weight excluding hydrogens is 1320 g/mol. The number of thiophene rings is 2. The number of nitrogens with two attached hydrogens (primary N) is 2. The molecule has 0 aliphatic heterocycles. The molecule has 5 N–H and O–H groups in total. The number of nitrogen functional groups attached to an aromatic ring is 1. The lowest BCUT2D eigenvalue weighted by molar-refractivity contribution is -0.384. The molecule has 22 heteroatoms. The first kappa shape index (κ1) is 75.9. The van der Waals surface area contributed by atoms with Gasteiger partial charge in [-0.2, -0.15) is 0 Å². The number of aryl methyl sites for hydroxylation is 4. The van der Waals surface area contributed by atoms with Crippen LogP contribution in [0.15, 0.2) is 162 Å². The van der Waals surface area contributed by atoms with Crippen molar-refractivity contribution in [1.29, 1.82) is 5.41 Å². The van der Waals surface area contributed by atoms with Crippen LogP contribution in [0.2, 0.25) is 0 Å². The average Bonchev–Trinajstić information content (AvgIpc) is 1.77. The van der Waals surface area contributed by atoms with Gasteiger partial charge in [-0.25, -0.2) is 4.99 Å². The molecule has 0 saturated heterocycles. The molecule has 90 heavy (non-hydrogen) atoms. The van der Waals surface area contributed by atoms with Gasteiger partial charge in [0.2, 0.25) is 0 Å². The van der Waals surface area contributed by atoms with Crippen LogP contribution in [0.5, 0.6) is 0 Å². The molecule has 0 amide bonds. The van der Waals surface area contributed by atoms with Crippen molar-refractivity contribution in [3.05, 3.63) is 187 Å². The Kier molecular flexibility index (Phi) is 34.6. The number of aromatic nitrogens is 4. The normalized spacial score (nSPS) is 11.1.